The molecule has 0 radical (unpaired) electrons. The molecule has 1 aliphatic rings. The number of nitrogens with one attached hydrogen (secondary N) is 1. The summed E-state index contributed by atoms with van der Waals surface area (Å²) in [5.41, 5.74) is 0. The lowest BCUT2D eigenvalue weighted by Crippen LogP contribution is -2.60. The molecule has 2 atom stereocenters. The Morgan fingerprint density at radius 1 is 1.50 bits per heavy atom. The Labute approximate surface area is 101 Å². The third-order valence-corrected chi connectivity index (χ3v) is 3.63. The Morgan fingerprint density at radius 3 is 2.69 bits per heavy atom. The quantitative estimate of drug-likeness (QED) is 0.780. The second kappa shape index (κ2) is 6.13. The first kappa shape index (κ1) is 13.4. The normalized spacial score (nSPS) is 23.2. The molecule has 1 aliphatic heterocycles. The highest BCUT2D eigenvalue weighted by Crippen LogP contribution is 2.15. The summed E-state index contributed by atoms with van der Waals surface area (Å²) in [5, 5.41) is 2.73. The van der Waals surface area contributed by atoms with E-state index in [2.05, 4.69) is 12.2 Å². The number of amides is 2. The second-order valence-electron chi connectivity index (χ2n) is 4.01. The number of hydrogen-bond donors (Lipinski definition) is 1. The maximum Gasteiger partial charge on any atom is 0.245 e. The van der Waals surface area contributed by atoms with Gasteiger partial charge in [-0.3, -0.25) is 9.59 Å². The van der Waals surface area contributed by atoms with Crippen molar-refractivity contribution in [3.63, 3.8) is 0 Å². The Balaban J connectivity index is 2.75. The Bertz CT molecular complexity index is 271. The van der Waals surface area contributed by atoms with Crippen molar-refractivity contribution in [2.24, 2.45) is 0 Å². The van der Waals surface area contributed by atoms with Gasteiger partial charge in [0.2, 0.25) is 11.8 Å². The molecule has 4 nitrogen and oxygen atoms in total. The molecule has 1 heterocycles. The first-order valence-electron chi connectivity index (χ1n) is 5.72. The minimum absolute atomic E-state index is 0.0361. The number of carbonyl (C=O) groups is 2. The molecule has 16 heavy (non-hydrogen) atoms. The maximum atomic E-state index is 12.1. The monoisotopic (exact) mass is 244 g/mol. The van der Waals surface area contributed by atoms with Crippen LogP contribution >= 0.6 is 11.8 Å². The molecule has 1 fully saturated rings. The summed E-state index contributed by atoms with van der Waals surface area (Å²) in [6.45, 7) is 4.19. The van der Waals surface area contributed by atoms with Gasteiger partial charge in [0.05, 0.1) is 6.54 Å². The minimum atomic E-state index is -0.322. The van der Waals surface area contributed by atoms with Crippen molar-refractivity contribution in [3.05, 3.63) is 0 Å². The van der Waals surface area contributed by atoms with Crippen LogP contribution in [0.1, 0.15) is 26.7 Å². The van der Waals surface area contributed by atoms with E-state index in [0.717, 1.165) is 12.2 Å². The summed E-state index contributed by atoms with van der Waals surface area (Å²) in [4.78, 5) is 25.3. The van der Waals surface area contributed by atoms with Gasteiger partial charge in [-0.05, 0) is 19.1 Å². The van der Waals surface area contributed by atoms with Crippen LogP contribution in [0.5, 0.6) is 0 Å². The van der Waals surface area contributed by atoms with Gasteiger partial charge in [0, 0.05) is 11.8 Å². The largest absolute Gasteiger partial charge is 0.343 e. The summed E-state index contributed by atoms with van der Waals surface area (Å²) in [6.07, 6.45) is 3.58. The van der Waals surface area contributed by atoms with Crippen LogP contribution in [0.3, 0.4) is 0 Å². The van der Waals surface area contributed by atoms with Crippen LogP contribution in [0.25, 0.3) is 0 Å². The van der Waals surface area contributed by atoms with Crippen LogP contribution in [-0.2, 0) is 9.59 Å². The third-order valence-electron chi connectivity index (χ3n) is 2.91. The molecular formula is C11H20N2O2S. The molecule has 0 aliphatic carbocycles. The van der Waals surface area contributed by atoms with Gasteiger partial charge in [-0.1, -0.05) is 13.8 Å². The van der Waals surface area contributed by atoms with E-state index in [1.54, 1.807) is 16.7 Å². The topological polar surface area (TPSA) is 49.4 Å². The third kappa shape index (κ3) is 2.90. The van der Waals surface area contributed by atoms with Crippen LogP contribution in [0, 0.1) is 0 Å². The van der Waals surface area contributed by atoms with Crippen LogP contribution < -0.4 is 5.32 Å². The standard InChI is InChI=1S/C11H20N2O2S/c1-4-8(7-16-3)13-6-10(14)12-9(5-2)11(13)15/h8-9H,4-7H2,1-3H3,(H,12,14). The molecule has 0 aromatic rings. The van der Waals surface area contributed by atoms with Crippen molar-refractivity contribution in [1.29, 1.82) is 0 Å². The molecule has 0 bridgehead atoms. The first-order chi connectivity index (χ1) is 7.63. The van der Waals surface area contributed by atoms with Crippen LogP contribution in [-0.4, -0.2) is 47.4 Å². The van der Waals surface area contributed by atoms with Crippen molar-refractivity contribution in [3.8, 4) is 0 Å². The summed E-state index contributed by atoms with van der Waals surface area (Å²) in [5.74, 6) is 0.931. The van der Waals surface area contributed by atoms with Crippen molar-refractivity contribution in [2.75, 3.05) is 18.6 Å². The Kier molecular flexibility index (Phi) is 5.12. The fourth-order valence-electron chi connectivity index (χ4n) is 1.94. The van der Waals surface area contributed by atoms with E-state index >= 15 is 0 Å². The van der Waals surface area contributed by atoms with E-state index < -0.39 is 0 Å². The van der Waals surface area contributed by atoms with Gasteiger partial charge in [0.15, 0.2) is 0 Å². The average Bonchev–Trinajstić information content (AvgIpc) is 2.28. The predicted molar refractivity (Wildman–Crippen MR) is 66.4 cm³/mol. The number of nitrogens with zero attached hydrogens (tertiary/aromatic N) is 1. The maximum absolute atomic E-state index is 12.1. The fourth-order valence-corrected chi connectivity index (χ4v) is 2.74. The van der Waals surface area contributed by atoms with Crippen molar-refractivity contribution < 1.29 is 9.59 Å². The highest BCUT2D eigenvalue weighted by molar-refractivity contribution is 7.98. The van der Waals surface area contributed by atoms with Gasteiger partial charge in [0.25, 0.3) is 0 Å². The molecule has 0 aromatic carbocycles. The predicted octanol–water partition coefficient (Wildman–Crippen LogP) is 0.865. The Morgan fingerprint density at radius 2 is 2.19 bits per heavy atom. The van der Waals surface area contributed by atoms with Gasteiger partial charge >= 0.3 is 0 Å². The Hall–Kier alpha value is -0.710. The molecule has 2 unspecified atom stereocenters. The number of rotatable bonds is 5. The molecule has 0 aromatic heterocycles. The van der Waals surface area contributed by atoms with E-state index in [9.17, 15) is 9.59 Å². The lowest BCUT2D eigenvalue weighted by atomic mass is 10.1. The zero-order valence-electron chi connectivity index (χ0n) is 10.2. The molecule has 1 rings (SSSR count). The van der Waals surface area contributed by atoms with E-state index in [0.29, 0.717) is 6.42 Å². The van der Waals surface area contributed by atoms with Gasteiger partial charge < -0.3 is 10.2 Å². The number of piperazine rings is 1. The van der Waals surface area contributed by atoms with Crippen LogP contribution in [0.15, 0.2) is 0 Å². The van der Waals surface area contributed by atoms with Crippen LogP contribution in [0.4, 0.5) is 0 Å². The molecule has 92 valence electrons. The highest BCUT2D eigenvalue weighted by Gasteiger charge is 2.34. The molecule has 1 saturated heterocycles. The average molecular weight is 244 g/mol. The molecule has 0 saturated carbocycles. The number of carbonyl (C=O) groups excluding carboxylic acids is 2. The number of hydrogen-bond acceptors (Lipinski definition) is 3. The summed E-state index contributed by atoms with van der Waals surface area (Å²) in [7, 11) is 0. The van der Waals surface area contributed by atoms with E-state index in [-0.39, 0.29) is 30.4 Å². The summed E-state index contributed by atoms with van der Waals surface area (Å²) in [6, 6.07) is -0.139. The lowest BCUT2D eigenvalue weighted by molar-refractivity contribution is -0.146. The zero-order valence-corrected chi connectivity index (χ0v) is 11.0. The smallest absolute Gasteiger partial charge is 0.245 e. The van der Waals surface area contributed by atoms with Crippen molar-refractivity contribution >= 4 is 23.6 Å². The van der Waals surface area contributed by atoms with E-state index in [1.165, 1.54) is 0 Å². The van der Waals surface area contributed by atoms with Gasteiger partial charge in [-0.2, -0.15) is 11.8 Å². The molecule has 0 spiro atoms. The zero-order chi connectivity index (χ0) is 12.1. The van der Waals surface area contributed by atoms with Crippen LogP contribution in [0.2, 0.25) is 0 Å². The van der Waals surface area contributed by atoms with Gasteiger partial charge in [-0.25, -0.2) is 0 Å². The highest BCUT2D eigenvalue weighted by atomic mass is 32.2. The fraction of sp³-hybridized carbons (Fsp3) is 0.818. The molecular weight excluding hydrogens is 224 g/mol. The van der Waals surface area contributed by atoms with Crippen molar-refractivity contribution in [2.45, 2.75) is 38.8 Å². The summed E-state index contributed by atoms with van der Waals surface area (Å²) < 4.78 is 0. The molecule has 5 heteroatoms. The van der Waals surface area contributed by atoms with E-state index in [1.807, 2.05) is 13.2 Å². The second-order valence-corrected chi connectivity index (χ2v) is 4.92. The van der Waals surface area contributed by atoms with Gasteiger partial charge in [0.1, 0.15) is 6.04 Å². The van der Waals surface area contributed by atoms with E-state index in [4.69, 9.17) is 0 Å². The first-order valence-corrected chi connectivity index (χ1v) is 7.12. The van der Waals surface area contributed by atoms with Gasteiger partial charge in [-0.15, -0.1) is 0 Å². The SMILES string of the molecule is CCC1NC(=O)CN(C(CC)CSC)C1=O. The number of thioether (sulfide) groups is 1. The lowest BCUT2D eigenvalue weighted by Gasteiger charge is -2.37. The minimum Gasteiger partial charge on any atom is -0.343 e. The van der Waals surface area contributed by atoms with Crippen molar-refractivity contribution in [1.82, 2.24) is 10.2 Å². The molecule has 1 N–H and O–H groups in total. The molecule has 2 amide bonds. The summed E-state index contributed by atoms with van der Waals surface area (Å²) >= 11 is 1.71.